The fraction of sp³-hybridized carbons (Fsp3) is 0.452. The average molecular weight is 632 g/mol. The Balaban J connectivity index is 1.18. The van der Waals surface area contributed by atoms with Crippen LogP contribution in [0, 0.1) is 0 Å². The first-order chi connectivity index (χ1) is 21.0. The van der Waals surface area contributed by atoms with Crippen LogP contribution >= 0.6 is 11.8 Å². The van der Waals surface area contributed by atoms with Gasteiger partial charge in [-0.2, -0.15) is 0 Å². The molecule has 44 heavy (non-hydrogen) atoms. The molecule has 5 rings (SSSR count). The van der Waals surface area contributed by atoms with E-state index in [1.807, 2.05) is 36.4 Å². The Labute approximate surface area is 258 Å². The van der Waals surface area contributed by atoms with Crippen LogP contribution in [0.1, 0.15) is 19.4 Å². The molecule has 13 heteroatoms. The summed E-state index contributed by atoms with van der Waals surface area (Å²) in [6.07, 6.45) is -7.19. The van der Waals surface area contributed by atoms with Crippen molar-refractivity contribution in [1.82, 2.24) is 5.32 Å². The van der Waals surface area contributed by atoms with Crippen molar-refractivity contribution in [3.05, 3.63) is 71.3 Å². The molecule has 238 valence electrons. The Bertz CT molecular complexity index is 1370. The highest BCUT2D eigenvalue weighted by Gasteiger charge is 2.53. The van der Waals surface area contributed by atoms with Gasteiger partial charge in [0.1, 0.15) is 55.6 Å². The highest BCUT2D eigenvalue weighted by Crippen LogP contribution is 2.34. The lowest BCUT2D eigenvalue weighted by molar-refractivity contribution is -0.155. The molecule has 2 saturated heterocycles. The number of benzene rings is 2. The lowest BCUT2D eigenvalue weighted by atomic mass is 9.83. The summed E-state index contributed by atoms with van der Waals surface area (Å²) in [6.45, 7) is 3.17. The molecule has 2 aliphatic heterocycles. The minimum Gasteiger partial charge on any atom is -0.504 e. The lowest BCUT2D eigenvalue weighted by Crippen LogP contribution is -2.67. The Morgan fingerprint density at radius 3 is 2.36 bits per heavy atom. The molecule has 10 atom stereocenters. The van der Waals surface area contributed by atoms with E-state index in [1.165, 1.54) is 25.1 Å². The zero-order chi connectivity index (χ0) is 31.5. The highest BCUT2D eigenvalue weighted by molar-refractivity contribution is 7.99. The standard InChI is InChI=1S/C31H37NO11S/c1-15(10-11-44-18-6-4-3-5-7-18)27-25(37)26(38)31(43-27)42-20-9-8-17(13-19(20)33)12-16(2)30(39)32-21-22(34)24(36)29-28(23(21)35)40-14-41-29/h3-10,12-13,21-29,31,33-38H,11,14H2,1-2H3,(H,32,39)/b15-10+,16-12+/t21-,22+,23-,24-,25+,26+,27-,28+,29-,31-/m1/s1. The van der Waals surface area contributed by atoms with Crippen molar-refractivity contribution in [1.29, 1.82) is 0 Å². The number of phenolic OH excluding ortho intramolecular Hbond substituents is 1. The summed E-state index contributed by atoms with van der Waals surface area (Å²) in [6, 6.07) is 13.0. The number of aliphatic hydroxyl groups is 5. The van der Waals surface area contributed by atoms with Crippen molar-refractivity contribution in [3.8, 4) is 11.5 Å². The SMILES string of the molecule is C/C(=C\c1ccc(O[C@@H]2O[C@H](/C(C)=C/CSc3ccccc3)[C@@H](O)[C@@H]2O)c(O)c1)C(=O)N[C@@H]1[C@H](O)[C@@H](O)[C@H]2OCO[C@H]2[C@@H]1O. The summed E-state index contributed by atoms with van der Waals surface area (Å²) < 4.78 is 22.0. The number of nitrogens with one attached hydrogen (secondary N) is 1. The van der Waals surface area contributed by atoms with E-state index in [9.17, 15) is 35.4 Å². The van der Waals surface area contributed by atoms with Crippen LogP contribution in [0.2, 0.25) is 0 Å². The molecule has 3 fully saturated rings. The second-order valence-electron chi connectivity index (χ2n) is 11.0. The fourth-order valence-corrected chi connectivity index (χ4v) is 6.30. The van der Waals surface area contributed by atoms with Crippen molar-refractivity contribution in [2.24, 2.45) is 0 Å². The molecular weight excluding hydrogens is 594 g/mol. The van der Waals surface area contributed by atoms with Crippen LogP contribution in [0.3, 0.4) is 0 Å². The lowest BCUT2D eigenvalue weighted by Gasteiger charge is -2.41. The van der Waals surface area contributed by atoms with Crippen molar-refractivity contribution < 1.29 is 54.4 Å². The predicted octanol–water partition coefficient (Wildman–Crippen LogP) is 0.682. The number of aliphatic hydroxyl groups excluding tert-OH is 5. The Hall–Kier alpha value is -2.98. The number of carbonyl (C=O) groups is 1. The van der Waals surface area contributed by atoms with Crippen LogP contribution in [0.4, 0.5) is 0 Å². The second-order valence-corrected chi connectivity index (χ2v) is 12.1. The van der Waals surface area contributed by atoms with E-state index in [-0.39, 0.29) is 23.9 Å². The van der Waals surface area contributed by atoms with Gasteiger partial charge in [0, 0.05) is 16.2 Å². The van der Waals surface area contributed by atoms with Gasteiger partial charge >= 0.3 is 0 Å². The van der Waals surface area contributed by atoms with Crippen LogP contribution in [-0.4, -0.2) is 110 Å². The number of thioether (sulfide) groups is 1. The first kappa shape index (κ1) is 32.4. The van der Waals surface area contributed by atoms with Crippen LogP contribution < -0.4 is 10.1 Å². The monoisotopic (exact) mass is 631 g/mol. The van der Waals surface area contributed by atoms with Gasteiger partial charge in [0.15, 0.2) is 11.5 Å². The maximum absolute atomic E-state index is 12.9. The number of hydrogen-bond acceptors (Lipinski definition) is 12. The van der Waals surface area contributed by atoms with Crippen LogP contribution in [0.25, 0.3) is 6.08 Å². The van der Waals surface area contributed by atoms with Gasteiger partial charge in [0.2, 0.25) is 12.2 Å². The van der Waals surface area contributed by atoms with Crippen molar-refractivity contribution in [2.75, 3.05) is 12.5 Å². The number of ether oxygens (including phenoxy) is 4. The molecule has 0 radical (unpaired) electrons. The number of aromatic hydroxyl groups is 1. The van der Waals surface area contributed by atoms with E-state index < -0.39 is 67.1 Å². The third-order valence-corrected chi connectivity index (χ3v) is 8.87. The molecule has 7 N–H and O–H groups in total. The normalized spacial score (nSPS) is 34.1. The summed E-state index contributed by atoms with van der Waals surface area (Å²) in [4.78, 5) is 14.0. The summed E-state index contributed by atoms with van der Waals surface area (Å²) in [5.41, 5.74) is 1.35. The zero-order valence-corrected chi connectivity index (χ0v) is 24.9. The quantitative estimate of drug-likeness (QED) is 0.117. The number of phenols is 1. The molecule has 1 amide bonds. The van der Waals surface area contributed by atoms with Gasteiger partial charge in [0.25, 0.3) is 0 Å². The van der Waals surface area contributed by atoms with Crippen molar-refractivity contribution >= 4 is 23.7 Å². The molecule has 2 aromatic carbocycles. The fourth-order valence-electron chi connectivity index (χ4n) is 5.41. The maximum Gasteiger partial charge on any atom is 0.247 e. The van der Waals surface area contributed by atoms with Crippen molar-refractivity contribution in [3.63, 3.8) is 0 Å². The van der Waals surface area contributed by atoms with E-state index in [0.29, 0.717) is 11.3 Å². The second kappa shape index (κ2) is 14.0. The smallest absolute Gasteiger partial charge is 0.247 e. The molecule has 0 aromatic heterocycles. The third-order valence-electron chi connectivity index (χ3n) is 7.94. The molecule has 1 aliphatic carbocycles. The highest BCUT2D eigenvalue weighted by atomic mass is 32.2. The van der Waals surface area contributed by atoms with Gasteiger partial charge < -0.3 is 54.9 Å². The van der Waals surface area contributed by atoms with Gasteiger partial charge in [0.05, 0.1) is 6.04 Å². The van der Waals surface area contributed by atoms with Crippen LogP contribution in [0.5, 0.6) is 11.5 Å². The maximum atomic E-state index is 12.9. The number of amides is 1. The number of carbonyl (C=O) groups excluding carboxylic acids is 1. The van der Waals surface area contributed by atoms with Gasteiger partial charge in [-0.05, 0) is 55.3 Å². The van der Waals surface area contributed by atoms with E-state index in [0.717, 1.165) is 10.5 Å². The molecule has 12 nitrogen and oxygen atoms in total. The van der Waals surface area contributed by atoms with E-state index in [2.05, 4.69) is 5.32 Å². The molecule has 1 saturated carbocycles. The summed E-state index contributed by atoms with van der Waals surface area (Å²) >= 11 is 1.62. The van der Waals surface area contributed by atoms with Gasteiger partial charge in [-0.3, -0.25) is 4.79 Å². The summed E-state index contributed by atoms with van der Waals surface area (Å²) in [5, 5.41) is 65.7. The molecule has 0 unspecified atom stereocenters. The van der Waals surface area contributed by atoms with Crippen LogP contribution in [0.15, 0.2) is 70.6 Å². The number of hydrogen-bond donors (Lipinski definition) is 7. The largest absolute Gasteiger partial charge is 0.504 e. The molecule has 3 aliphatic rings. The zero-order valence-electron chi connectivity index (χ0n) is 24.1. The molecule has 0 spiro atoms. The summed E-state index contributed by atoms with van der Waals surface area (Å²) in [7, 11) is 0. The average Bonchev–Trinajstić information content (AvgIpc) is 3.61. The molecule has 2 heterocycles. The molecule has 0 bridgehead atoms. The first-order valence-electron chi connectivity index (χ1n) is 14.2. The molecular formula is C31H37NO11S. The number of fused-ring (bicyclic) bond motifs is 1. The predicted molar refractivity (Wildman–Crippen MR) is 159 cm³/mol. The Morgan fingerprint density at radius 2 is 1.66 bits per heavy atom. The number of rotatable bonds is 9. The van der Waals surface area contributed by atoms with E-state index >= 15 is 0 Å². The minimum atomic E-state index is -1.48. The summed E-state index contributed by atoms with van der Waals surface area (Å²) in [5.74, 6) is -0.271. The third kappa shape index (κ3) is 6.96. The van der Waals surface area contributed by atoms with Gasteiger partial charge in [-0.25, -0.2) is 0 Å². The van der Waals surface area contributed by atoms with Gasteiger partial charge in [-0.1, -0.05) is 30.3 Å². The topological polar surface area (TPSA) is 187 Å². The first-order valence-corrected chi connectivity index (χ1v) is 15.2. The Kier molecular flexibility index (Phi) is 10.3. The van der Waals surface area contributed by atoms with Crippen LogP contribution in [-0.2, 0) is 19.0 Å². The minimum absolute atomic E-state index is 0.00167. The van der Waals surface area contributed by atoms with Gasteiger partial charge in [-0.15, -0.1) is 11.8 Å². The van der Waals surface area contributed by atoms with Crippen molar-refractivity contribution in [2.45, 2.75) is 79.9 Å². The Morgan fingerprint density at radius 1 is 0.955 bits per heavy atom. The van der Waals surface area contributed by atoms with E-state index in [1.54, 1.807) is 24.8 Å². The molecule has 2 aromatic rings. The van der Waals surface area contributed by atoms with E-state index in [4.69, 9.17) is 18.9 Å².